The van der Waals surface area contributed by atoms with Gasteiger partial charge in [0.2, 0.25) is 5.95 Å². The first kappa shape index (κ1) is 24.0. The predicted octanol–water partition coefficient (Wildman–Crippen LogP) is 4.44. The zero-order chi connectivity index (χ0) is 26.4. The topological polar surface area (TPSA) is 106 Å². The Kier molecular flexibility index (Phi) is 5.98. The van der Waals surface area contributed by atoms with Crippen molar-refractivity contribution in [2.45, 2.75) is 19.4 Å². The SMILES string of the molecule is CCc1nc2ccc(-c3cnc(N4CC(O)C4)nc3)cn2c1N(C)c1nc(-c2ccc(F)cc2)c(C#N)s1. The third-order valence-electron chi connectivity index (χ3n) is 6.55. The van der Waals surface area contributed by atoms with Gasteiger partial charge in [0.05, 0.1) is 11.8 Å². The number of rotatable bonds is 6. The summed E-state index contributed by atoms with van der Waals surface area (Å²) in [6, 6.07) is 12.2. The van der Waals surface area contributed by atoms with E-state index >= 15 is 0 Å². The summed E-state index contributed by atoms with van der Waals surface area (Å²) in [4.78, 5) is 22.9. The second kappa shape index (κ2) is 9.48. The van der Waals surface area contributed by atoms with E-state index in [4.69, 9.17) is 9.97 Å². The van der Waals surface area contributed by atoms with Gasteiger partial charge in [0, 0.05) is 55.4 Å². The van der Waals surface area contributed by atoms with Gasteiger partial charge in [-0.1, -0.05) is 18.3 Å². The van der Waals surface area contributed by atoms with Gasteiger partial charge in [-0.2, -0.15) is 5.26 Å². The van der Waals surface area contributed by atoms with E-state index in [2.05, 4.69) is 16.0 Å². The zero-order valence-corrected chi connectivity index (χ0v) is 21.5. The van der Waals surface area contributed by atoms with Crippen LogP contribution in [0.3, 0.4) is 0 Å². The Hall–Kier alpha value is -4.40. The molecule has 0 unspecified atom stereocenters. The molecule has 190 valence electrons. The number of anilines is 3. The Morgan fingerprint density at radius 2 is 1.79 bits per heavy atom. The molecule has 1 aliphatic heterocycles. The molecule has 0 amide bonds. The quantitative estimate of drug-likeness (QED) is 0.346. The minimum absolute atomic E-state index is 0.320. The highest BCUT2D eigenvalue weighted by molar-refractivity contribution is 7.16. The highest BCUT2D eigenvalue weighted by Crippen LogP contribution is 2.37. The molecular weight excluding hydrogens is 503 g/mol. The lowest BCUT2D eigenvalue weighted by molar-refractivity contribution is 0.140. The average molecular weight is 527 g/mol. The molecule has 38 heavy (non-hydrogen) atoms. The minimum atomic E-state index is -0.340. The zero-order valence-electron chi connectivity index (χ0n) is 20.7. The smallest absolute Gasteiger partial charge is 0.225 e. The highest BCUT2D eigenvalue weighted by atomic mass is 32.1. The summed E-state index contributed by atoms with van der Waals surface area (Å²) in [5.74, 6) is 1.11. The monoisotopic (exact) mass is 526 g/mol. The first-order valence-electron chi connectivity index (χ1n) is 12.1. The summed E-state index contributed by atoms with van der Waals surface area (Å²) in [7, 11) is 1.91. The van der Waals surface area contributed by atoms with Crippen LogP contribution >= 0.6 is 11.3 Å². The number of thiazole rings is 1. The number of pyridine rings is 1. The second-order valence-corrected chi connectivity index (χ2v) is 10.0. The molecule has 0 spiro atoms. The van der Waals surface area contributed by atoms with Gasteiger partial charge in [-0.15, -0.1) is 0 Å². The number of fused-ring (bicyclic) bond motifs is 1. The number of aliphatic hydroxyl groups is 1. The number of aliphatic hydroxyl groups excluding tert-OH is 1. The molecule has 1 fully saturated rings. The van der Waals surface area contributed by atoms with Gasteiger partial charge in [-0.05, 0) is 42.8 Å². The van der Waals surface area contributed by atoms with Gasteiger partial charge in [-0.3, -0.25) is 4.40 Å². The number of β-amino-alcohol motifs (C(OH)–C–C–N with tert-alkyl or cyclic N) is 1. The Morgan fingerprint density at radius 1 is 1.08 bits per heavy atom. The maximum absolute atomic E-state index is 13.5. The first-order chi connectivity index (χ1) is 18.4. The van der Waals surface area contributed by atoms with Crippen molar-refractivity contribution in [1.29, 1.82) is 5.26 Å². The highest BCUT2D eigenvalue weighted by Gasteiger charge is 2.26. The standard InChI is InChI=1S/C27H23FN8OS/c1-3-21-25(34(2)27-33-24(22(10-29)38-27)16-4-7-19(28)8-5-16)36-13-17(6-9-23(36)32-21)18-11-30-26(31-12-18)35-14-20(37)15-35/h4-9,11-13,20,37H,3,14-15H2,1-2H3. The average Bonchev–Trinajstić information content (AvgIpc) is 3.53. The summed E-state index contributed by atoms with van der Waals surface area (Å²) in [5, 5.41) is 19.9. The molecule has 1 N–H and O–H groups in total. The second-order valence-electron chi connectivity index (χ2n) is 9.06. The number of nitrogens with zero attached hydrogens (tertiary/aromatic N) is 8. The molecule has 11 heteroatoms. The largest absolute Gasteiger partial charge is 0.389 e. The van der Waals surface area contributed by atoms with E-state index in [-0.39, 0.29) is 11.9 Å². The van der Waals surface area contributed by atoms with Gasteiger partial charge < -0.3 is 14.9 Å². The number of halogens is 1. The fourth-order valence-electron chi connectivity index (χ4n) is 4.52. The Morgan fingerprint density at radius 3 is 2.45 bits per heavy atom. The molecular formula is C27H23FN8OS. The Labute approximate surface area is 222 Å². The third-order valence-corrected chi connectivity index (χ3v) is 7.59. The fourth-order valence-corrected chi connectivity index (χ4v) is 5.37. The number of nitriles is 1. The molecule has 5 heterocycles. The summed E-state index contributed by atoms with van der Waals surface area (Å²) in [5.41, 5.74) is 4.67. The molecule has 9 nitrogen and oxygen atoms in total. The molecule has 4 aromatic heterocycles. The van der Waals surface area contributed by atoms with Crippen LogP contribution in [0.25, 0.3) is 28.0 Å². The van der Waals surface area contributed by atoms with Gasteiger partial charge in [0.15, 0.2) is 5.13 Å². The molecule has 1 aliphatic rings. The van der Waals surface area contributed by atoms with Crippen LogP contribution in [0, 0.1) is 17.1 Å². The van der Waals surface area contributed by atoms with E-state index in [0.717, 1.165) is 28.3 Å². The van der Waals surface area contributed by atoms with Crippen molar-refractivity contribution in [1.82, 2.24) is 24.3 Å². The van der Waals surface area contributed by atoms with Crippen LogP contribution in [-0.4, -0.2) is 55.7 Å². The van der Waals surface area contributed by atoms with Crippen molar-refractivity contribution in [2.75, 3.05) is 29.9 Å². The molecule has 6 rings (SSSR count). The van der Waals surface area contributed by atoms with E-state index in [1.54, 1.807) is 24.5 Å². The van der Waals surface area contributed by atoms with Crippen molar-refractivity contribution in [3.63, 3.8) is 0 Å². The van der Waals surface area contributed by atoms with Crippen molar-refractivity contribution in [3.05, 3.63) is 71.4 Å². The molecule has 0 aliphatic carbocycles. The van der Waals surface area contributed by atoms with E-state index in [1.165, 1.54) is 23.5 Å². The maximum atomic E-state index is 13.5. The Balaban J connectivity index is 1.38. The number of aromatic nitrogens is 5. The van der Waals surface area contributed by atoms with E-state index in [1.807, 2.05) is 46.5 Å². The van der Waals surface area contributed by atoms with E-state index in [0.29, 0.717) is 46.7 Å². The minimum Gasteiger partial charge on any atom is -0.389 e. The molecule has 1 saturated heterocycles. The number of hydrogen-bond acceptors (Lipinski definition) is 9. The van der Waals surface area contributed by atoms with Gasteiger partial charge in [-0.25, -0.2) is 24.3 Å². The molecule has 1 aromatic carbocycles. The van der Waals surface area contributed by atoms with Crippen LogP contribution in [-0.2, 0) is 6.42 Å². The maximum Gasteiger partial charge on any atom is 0.225 e. The van der Waals surface area contributed by atoms with Crippen LogP contribution < -0.4 is 9.80 Å². The lowest BCUT2D eigenvalue weighted by atomic mass is 10.1. The third kappa shape index (κ3) is 4.13. The summed E-state index contributed by atoms with van der Waals surface area (Å²) in [6.07, 6.45) is 5.95. The van der Waals surface area contributed by atoms with Crippen molar-refractivity contribution in [2.24, 2.45) is 0 Å². The molecule has 5 aromatic rings. The van der Waals surface area contributed by atoms with Crippen LogP contribution in [0.4, 0.5) is 21.3 Å². The van der Waals surface area contributed by atoms with Crippen molar-refractivity contribution in [3.8, 4) is 28.5 Å². The predicted molar refractivity (Wildman–Crippen MR) is 144 cm³/mol. The van der Waals surface area contributed by atoms with Gasteiger partial charge in [0.1, 0.15) is 33.9 Å². The van der Waals surface area contributed by atoms with Crippen molar-refractivity contribution < 1.29 is 9.50 Å². The normalized spacial score (nSPS) is 13.5. The van der Waals surface area contributed by atoms with Gasteiger partial charge >= 0.3 is 0 Å². The van der Waals surface area contributed by atoms with Crippen molar-refractivity contribution >= 4 is 33.9 Å². The number of hydrogen-bond donors (Lipinski definition) is 1. The summed E-state index contributed by atoms with van der Waals surface area (Å²) >= 11 is 1.28. The van der Waals surface area contributed by atoms with E-state index in [9.17, 15) is 14.8 Å². The summed E-state index contributed by atoms with van der Waals surface area (Å²) in [6.45, 7) is 3.14. The first-order valence-corrected chi connectivity index (χ1v) is 12.9. The molecule has 0 atom stereocenters. The molecule has 0 saturated carbocycles. The molecule has 0 bridgehead atoms. The van der Waals surface area contributed by atoms with E-state index < -0.39 is 0 Å². The van der Waals surface area contributed by atoms with Crippen LogP contribution in [0.5, 0.6) is 0 Å². The van der Waals surface area contributed by atoms with Crippen LogP contribution in [0.1, 0.15) is 17.5 Å². The molecule has 0 radical (unpaired) electrons. The number of aryl methyl sites for hydroxylation is 1. The Bertz CT molecular complexity index is 1670. The summed E-state index contributed by atoms with van der Waals surface area (Å²) < 4.78 is 15.5. The number of imidazole rings is 1. The lowest BCUT2D eigenvalue weighted by Crippen LogP contribution is -2.51. The fraction of sp³-hybridized carbons (Fsp3) is 0.222. The van der Waals surface area contributed by atoms with Crippen LogP contribution in [0.2, 0.25) is 0 Å². The van der Waals surface area contributed by atoms with Gasteiger partial charge in [0.25, 0.3) is 0 Å². The number of benzene rings is 1. The van der Waals surface area contributed by atoms with Crippen LogP contribution in [0.15, 0.2) is 55.0 Å². The lowest BCUT2D eigenvalue weighted by Gasteiger charge is -2.35.